The second-order valence-electron chi connectivity index (χ2n) is 5.62. The van der Waals surface area contributed by atoms with Gasteiger partial charge >= 0.3 is 12.0 Å². The summed E-state index contributed by atoms with van der Waals surface area (Å²) < 4.78 is 0. The fourth-order valence-corrected chi connectivity index (χ4v) is 2.33. The van der Waals surface area contributed by atoms with Crippen LogP contribution in [-0.2, 0) is 4.79 Å². The first-order valence-corrected chi connectivity index (χ1v) is 6.25. The van der Waals surface area contributed by atoms with Crippen LogP contribution in [0, 0.1) is 5.41 Å². The molecule has 1 aliphatic rings. The number of hydrogen-bond acceptors (Lipinski definition) is 3. The van der Waals surface area contributed by atoms with Gasteiger partial charge in [-0.2, -0.15) is 0 Å². The van der Waals surface area contributed by atoms with Crippen molar-refractivity contribution < 1.29 is 19.8 Å². The van der Waals surface area contributed by atoms with E-state index in [0.717, 1.165) is 19.3 Å². The van der Waals surface area contributed by atoms with Gasteiger partial charge in [-0.3, -0.25) is 0 Å². The van der Waals surface area contributed by atoms with E-state index in [2.05, 4.69) is 24.5 Å². The third kappa shape index (κ3) is 4.52. The number of carbonyl (C=O) groups excluding carboxylic acids is 1. The molecule has 4 N–H and O–H groups in total. The highest BCUT2D eigenvalue weighted by Crippen LogP contribution is 2.36. The molecule has 6 heteroatoms. The summed E-state index contributed by atoms with van der Waals surface area (Å²) in [6.45, 7) is 4.03. The van der Waals surface area contributed by atoms with E-state index in [-0.39, 0.29) is 24.5 Å². The predicted octanol–water partition coefficient (Wildman–Crippen LogP) is 0.700. The number of aliphatic hydroxyl groups excluding tert-OH is 1. The number of rotatable bonds is 5. The van der Waals surface area contributed by atoms with Gasteiger partial charge in [-0.15, -0.1) is 0 Å². The summed E-state index contributed by atoms with van der Waals surface area (Å²) in [4.78, 5) is 22.4. The maximum absolute atomic E-state index is 11.6. The molecule has 2 amide bonds. The number of amides is 2. The van der Waals surface area contributed by atoms with E-state index < -0.39 is 18.0 Å². The highest BCUT2D eigenvalue weighted by Gasteiger charge is 2.32. The molecular weight excluding hydrogens is 236 g/mol. The van der Waals surface area contributed by atoms with Gasteiger partial charge in [-0.05, 0) is 24.7 Å². The molecule has 0 aromatic heterocycles. The number of carbonyl (C=O) groups is 2. The van der Waals surface area contributed by atoms with Crippen molar-refractivity contribution in [2.24, 2.45) is 5.41 Å². The van der Waals surface area contributed by atoms with Gasteiger partial charge in [0.25, 0.3) is 0 Å². The minimum atomic E-state index is -1.13. The smallest absolute Gasteiger partial charge is 0.326 e. The lowest BCUT2D eigenvalue weighted by atomic mass is 9.92. The van der Waals surface area contributed by atoms with Crippen LogP contribution in [0.25, 0.3) is 0 Å². The van der Waals surface area contributed by atoms with Crippen LogP contribution in [0.4, 0.5) is 4.79 Å². The predicted molar refractivity (Wildman–Crippen MR) is 66.2 cm³/mol. The molecule has 1 aliphatic carbocycles. The molecular formula is C12H22N2O4. The Balaban J connectivity index is 2.39. The quantitative estimate of drug-likeness (QED) is 0.583. The number of urea groups is 1. The molecule has 0 aliphatic heterocycles. The Kier molecular flexibility index (Phi) is 4.95. The summed E-state index contributed by atoms with van der Waals surface area (Å²) in [6, 6.07) is -1.41. The Bertz CT molecular complexity index is 317. The van der Waals surface area contributed by atoms with Crippen LogP contribution in [0.3, 0.4) is 0 Å². The summed E-state index contributed by atoms with van der Waals surface area (Å²) in [5, 5.41) is 22.7. The molecule has 6 nitrogen and oxygen atoms in total. The summed E-state index contributed by atoms with van der Waals surface area (Å²) in [7, 11) is 0. The lowest BCUT2D eigenvalue weighted by molar-refractivity contribution is -0.139. The molecule has 0 bridgehead atoms. The molecule has 0 aromatic carbocycles. The van der Waals surface area contributed by atoms with Gasteiger partial charge in [0.1, 0.15) is 6.04 Å². The van der Waals surface area contributed by atoms with Crippen LogP contribution < -0.4 is 10.6 Å². The minimum Gasteiger partial charge on any atom is -0.480 e. The molecule has 2 unspecified atom stereocenters. The van der Waals surface area contributed by atoms with Gasteiger partial charge in [0.15, 0.2) is 0 Å². The summed E-state index contributed by atoms with van der Waals surface area (Å²) >= 11 is 0. The Morgan fingerprint density at radius 1 is 1.44 bits per heavy atom. The first-order chi connectivity index (χ1) is 8.34. The van der Waals surface area contributed by atoms with Crippen LogP contribution >= 0.6 is 0 Å². The van der Waals surface area contributed by atoms with Crippen molar-refractivity contribution in [1.29, 1.82) is 0 Å². The lowest BCUT2D eigenvalue weighted by Crippen LogP contribution is -2.49. The largest absolute Gasteiger partial charge is 0.480 e. The maximum Gasteiger partial charge on any atom is 0.326 e. The van der Waals surface area contributed by atoms with Gasteiger partial charge in [-0.1, -0.05) is 13.8 Å². The van der Waals surface area contributed by atoms with Crippen molar-refractivity contribution in [2.45, 2.75) is 51.6 Å². The molecule has 0 radical (unpaired) electrons. The number of hydrogen-bond donors (Lipinski definition) is 4. The monoisotopic (exact) mass is 258 g/mol. The average molecular weight is 258 g/mol. The highest BCUT2D eigenvalue weighted by molar-refractivity contribution is 5.82. The standard InChI is InChI=1S/C12H22N2O4/c1-12(2)5-3-8(7-12)13-11(18)14-9(4-6-15)10(16)17/h8-9,15H,3-7H2,1-2H3,(H,16,17)(H2,13,14,18). The molecule has 1 rings (SSSR count). The topological polar surface area (TPSA) is 98.7 Å². The number of aliphatic carboxylic acids is 1. The molecule has 1 saturated carbocycles. The van der Waals surface area contributed by atoms with E-state index in [0.29, 0.717) is 0 Å². The Labute approximate surface area is 107 Å². The molecule has 0 spiro atoms. The molecule has 2 atom stereocenters. The summed E-state index contributed by atoms with van der Waals surface area (Å²) in [6.07, 6.45) is 2.88. The summed E-state index contributed by atoms with van der Waals surface area (Å²) in [5.41, 5.74) is 0.231. The molecule has 0 aromatic rings. The molecule has 1 fully saturated rings. The Hall–Kier alpha value is -1.30. The first kappa shape index (κ1) is 14.8. The molecule has 0 saturated heterocycles. The Morgan fingerprint density at radius 3 is 2.56 bits per heavy atom. The van der Waals surface area contributed by atoms with Crippen LogP contribution in [-0.4, -0.2) is 40.9 Å². The zero-order valence-corrected chi connectivity index (χ0v) is 10.9. The van der Waals surface area contributed by atoms with Gasteiger partial charge < -0.3 is 20.8 Å². The van der Waals surface area contributed by atoms with Crippen molar-refractivity contribution in [3.8, 4) is 0 Å². The highest BCUT2D eigenvalue weighted by atomic mass is 16.4. The fraction of sp³-hybridized carbons (Fsp3) is 0.833. The second kappa shape index (κ2) is 6.04. The van der Waals surface area contributed by atoms with Crippen molar-refractivity contribution >= 4 is 12.0 Å². The molecule has 104 valence electrons. The maximum atomic E-state index is 11.6. The minimum absolute atomic E-state index is 0.0128. The number of carboxylic acids is 1. The molecule has 18 heavy (non-hydrogen) atoms. The lowest BCUT2D eigenvalue weighted by Gasteiger charge is -2.19. The van der Waals surface area contributed by atoms with Crippen LogP contribution in [0.2, 0.25) is 0 Å². The third-order valence-electron chi connectivity index (χ3n) is 3.32. The van der Waals surface area contributed by atoms with Gasteiger partial charge in [0, 0.05) is 19.1 Å². The second-order valence-corrected chi connectivity index (χ2v) is 5.62. The van der Waals surface area contributed by atoms with Crippen LogP contribution in [0.15, 0.2) is 0 Å². The summed E-state index contributed by atoms with van der Waals surface area (Å²) in [5.74, 6) is -1.13. The SMILES string of the molecule is CC1(C)CCC(NC(=O)NC(CCO)C(=O)O)C1. The fourth-order valence-electron chi connectivity index (χ4n) is 2.33. The third-order valence-corrected chi connectivity index (χ3v) is 3.32. The zero-order chi connectivity index (χ0) is 13.8. The number of nitrogens with one attached hydrogen (secondary N) is 2. The van der Waals surface area contributed by atoms with E-state index in [1.165, 1.54) is 0 Å². The Morgan fingerprint density at radius 2 is 2.11 bits per heavy atom. The van der Waals surface area contributed by atoms with Crippen LogP contribution in [0.1, 0.15) is 39.5 Å². The van der Waals surface area contributed by atoms with Crippen molar-refractivity contribution in [3.05, 3.63) is 0 Å². The van der Waals surface area contributed by atoms with E-state index in [1.54, 1.807) is 0 Å². The number of aliphatic hydroxyl groups is 1. The van der Waals surface area contributed by atoms with E-state index in [9.17, 15) is 9.59 Å². The van der Waals surface area contributed by atoms with Gasteiger partial charge in [-0.25, -0.2) is 9.59 Å². The van der Waals surface area contributed by atoms with Crippen molar-refractivity contribution in [1.82, 2.24) is 10.6 Å². The molecule has 0 heterocycles. The van der Waals surface area contributed by atoms with Crippen molar-refractivity contribution in [3.63, 3.8) is 0 Å². The van der Waals surface area contributed by atoms with Crippen molar-refractivity contribution in [2.75, 3.05) is 6.61 Å². The first-order valence-electron chi connectivity index (χ1n) is 6.25. The normalized spacial score (nSPS) is 23.4. The average Bonchev–Trinajstić information content (AvgIpc) is 2.57. The zero-order valence-electron chi connectivity index (χ0n) is 10.9. The van der Waals surface area contributed by atoms with Gasteiger partial charge in [0.2, 0.25) is 0 Å². The van der Waals surface area contributed by atoms with E-state index in [4.69, 9.17) is 10.2 Å². The van der Waals surface area contributed by atoms with Gasteiger partial charge in [0.05, 0.1) is 0 Å². The number of carboxylic acid groups (broad SMARTS) is 1. The van der Waals surface area contributed by atoms with E-state index in [1.807, 2.05) is 0 Å². The van der Waals surface area contributed by atoms with E-state index >= 15 is 0 Å². The van der Waals surface area contributed by atoms with Crippen LogP contribution in [0.5, 0.6) is 0 Å².